The van der Waals surface area contributed by atoms with Gasteiger partial charge in [0.1, 0.15) is 18.2 Å². The van der Waals surface area contributed by atoms with Gasteiger partial charge in [0.25, 0.3) is 0 Å². The topological polar surface area (TPSA) is 76.3 Å². The lowest BCUT2D eigenvalue weighted by atomic mass is 10.4. The van der Waals surface area contributed by atoms with Gasteiger partial charge in [-0.15, -0.1) is 11.3 Å². The first kappa shape index (κ1) is 16.0. The van der Waals surface area contributed by atoms with Crippen LogP contribution in [0, 0.1) is 0 Å². The van der Waals surface area contributed by atoms with E-state index in [0.29, 0.717) is 31.4 Å². The first-order valence-electron chi connectivity index (χ1n) is 6.50. The van der Waals surface area contributed by atoms with Gasteiger partial charge in [-0.2, -0.15) is 0 Å². The Morgan fingerprint density at radius 3 is 2.86 bits per heavy atom. The smallest absolute Gasteiger partial charge is 0.158 e. The van der Waals surface area contributed by atoms with Crippen molar-refractivity contribution in [3.8, 4) is 0 Å². The van der Waals surface area contributed by atoms with Crippen molar-refractivity contribution in [2.75, 3.05) is 24.0 Å². The van der Waals surface area contributed by atoms with Gasteiger partial charge >= 0.3 is 0 Å². The molecule has 2 aromatic rings. The monoisotopic (exact) mass is 327 g/mol. The van der Waals surface area contributed by atoms with E-state index in [9.17, 15) is 0 Å². The maximum atomic E-state index is 5.95. The molecular formula is C13H18ClN5OS. The molecule has 21 heavy (non-hydrogen) atoms. The van der Waals surface area contributed by atoms with Crippen LogP contribution in [0.5, 0.6) is 0 Å². The van der Waals surface area contributed by atoms with Crippen LogP contribution in [0.4, 0.5) is 11.6 Å². The Hall–Kier alpha value is -1.41. The second kappa shape index (κ2) is 7.56. The van der Waals surface area contributed by atoms with Crippen molar-refractivity contribution >= 4 is 34.6 Å². The van der Waals surface area contributed by atoms with E-state index in [0.717, 1.165) is 15.0 Å². The van der Waals surface area contributed by atoms with E-state index in [1.807, 2.05) is 31.0 Å². The fourth-order valence-corrected chi connectivity index (χ4v) is 2.90. The molecule has 8 heteroatoms. The van der Waals surface area contributed by atoms with Gasteiger partial charge in [-0.25, -0.2) is 15.8 Å². The molecule has 0 saturated carbocycles. The molecule has 0 aliphatic carbocycles. The highest BCUT2D eigenvalue weighted by atomic mass is 35.5. The normalized spacial score (nSPS) is 10.7. The maximum Gasteiger partial charge on any atom is 0.158 e. The van der Waals surface area contributed by atoms with E-state index in [-0.39, 0.29) is 0 Å². The lowest BCUT2D eigenvalue weighted by molar-refractivity contribution is 0.128. The van der Waals surface area contributed by atoms with Crippen molar-refractivity contribution in [3.05, 3.63) is 33.2 Å². The molecule has 2 rings (SSSR count). The van der Waals surface area contributed by atoms with Crippen LogP contribution in [-0.4, -0.2) is 23.6 Å². The van der Waals surface area contributed by atoms with Crippen molar-refractivity contribution in [2.45, 2.75) is 20.1 Å². The molecule has 0 saturated heterocycles. The highest BCUT2D eigenvalue weighted by molar-refractivity contribution is 7.16. The van der Waals surface area contributed by atoms with Crippen LogP contribution in [0.15, 0.2) is 18.2 Å². The van der Waals surface area contributed by atoms with Crippen molar-refractivity contribution in [2.24, 2.45) is 5.84 Å². The molecule has 2 heterocycles. The molecule has 0 radical (unpaired) electrons. The van der Waals surface area contributed by atoms with Gasteiger partial charge in [0.15, 0.2) is 5.82 Å². The zero-order chi connectivity index (χ0) is 15.2. The van der Waals surface area contributed by atoms with Crippen molar-refractivity contribution in [1.29, 1.82) is 0 Å². The Morgan fingerprint density at radius 2 is 2.24 bits per heavy atom. The second-order valence-electron chi connectivity index (χ2n) is 4.37. The zero-order valence-corrected chi connectivity index (χ0v) is 13.5. The van der Waals surface area contributed by atoms with Crippen LogP contribution in [0.3, 0.4) is 0 Å². The van der Waals surface area contributed by atoms with E-state index in [1.165, 1.54) is 0 Å². The minimum Gasteiger partial charge on any atom is -0.374 e. The van der Waals surface area contributed by atoms with Crippen molar-refractivity contribution in [1.82, 2.24) is 9.97 Å². The van der Waals surface area contributed by atoms with Crippen LogP contribution < -0.4 is 16.2 Å². The predicted molar refractivity (Wildman–Crippen MR) is 86.6 cm³/mol. The predicted octanol–water partition coefficient (Wildman–Crippen LogP) is 2.65. The average molecular weight is 328 g/mol. The number of hydrazine groups is 1. The Kier molecular flexibility index (Phi) is 5.75. The summed E-state index contributed by atoms with van der Waals surface area (Å²) in [6, 6.07) is 5.70. The zero-order valence-electron chi connectivity index (χ0n) is 12.0. The fourth-order valence-electron chi connectivity index (χ4n) is 1.76. The van der Waals surface area contributed by atoms with Gasteiger partial charge in [0.05, 0.1) is 10.9 Å². The number of thiophene rings is 1. The molecule has 0 fully saturated rings. The van der Waals surface area contributed by atoms with Gasteiger partial charge in [0.2, 0.25) is 0 Å². The lowest BCUT2D eigenvalue weighted by Gasteiger charge is -2.18. The Bertz CT molecular complexity index is 592. The molecule has 0 atom stereocenters. The third-order valence-electron chi connectivity index (χ3n) is 2.76. The summed E-state index contributed by atoms with van der Waals surface area (Å²) in [6.45, 7) is 3.62. The van der Waals surface area contributed by atoms with Gasteiger partial charge < -0.3 is 15.1 Å². The first-order valence-corrected chi connectivity index (χ1v) is 7.69. The van der Waals surface area contributed by atoms with E-state index in [4.69, 9.17) is 22.2 Å². The largest absolute Gasteiger partial charge is 0.374 e. The molecule has 114 valence electrons. The van der Waals surface area contributed by atoms with E-state index in [2.05, 4.69) is 15.4 Å². The number of nitrogens with one attached hydrogen (secondary N) is 1. The highest BCUT2D eigenvalue weighted by Crippen LogP contribution is 2.24. The quantitative estimate of drug-likeness (QED) is 0.601. The summed E-state index contributed by atoms with van der Waals surface area (Å²) in [6.07, 6.45) is 0. The molecule has 2 aromatic heterocycles. The third kappa shape index (κ3) is 4.53. The molecule has 0 aromatic carbocycles. The van der Waals surface area contributed by atoms with Gasteiger partial charge in [-0.1, -0.05) is 11.6 Å². The number of hydrogen-bond acceptors (Lipinski definition) is 7. The molecule has 0 spiro atoms. The SMILES string of the molecule is CCOCc1nc(NN)cc(N(C)Cc2ccc(Cl)s2)n1. The summed E-state index contributed by atoms with van der Waals surface area (Å²) >= 11 is 7.51. The lowest BCUT2D eigenvalue weighted by Crippen LogP contribution is -2.20. The summed E-state index contributed by atoms with van der Waals surface area (Å²) < 4.78 is 6.13. The molecule has 0 amide bonds. The molecule has 0 aliphatic rings. The van der Waals surface area contributed by atoms with Crippen LogP contribution in [0.1, 0.15) is 17.6 Å². The summed E-state index contributed by atoms with van der Waals surface area (Å²) in [5.74, 6) is 7.39. The number of ether oxygens (including phenoxy) is 1. The average Bonchev–Trinajstić information content (AvgIpc) is 2.89. The van der Waals surface area contributed by atoms with Crippen LogP contribution in [-0.2, 0) is 17.9 Å². The summed E-state index contributed by atoms with van der Waals surface area (Å²) in [7, 11) is 1.96. The van der Waals surface area contributed by atoms with Crippen LogP contribution in [0.25, 0.3) is 0 Å². The number of nitrogens with zero attached hydrogens (tertiary/aromatic N) is 3. The summed E-state index contributed by atoms with van der Waals surface area (Å²) in [5.41, 5.74) is 2.56. The van der Waals surface area contributed by atoms with Gasteiger partial charge in [-0.3, -0.25) is 0 Å². The molecule has 6 nitrogen and oxygen atoms in total. The Morgan fingerprint density at radius 1 is 1.43 bits per heavy atom. The first-order chi connectivity index (χ1) is 10.1. The minimum atomic E-state index is 0.359. The Balaban J connectivity index is 2.16. The van der Waals surface area contributed by atoms with Crippen LogP contribution in [0.2, 0.25) is 4.34 Å². The van der Waals surface area contributed by atoms with E-state index in [1.54, 1.807) is 17.4 Å². The Labute approximate surface area is 132 Å². The summed E-state index contributed by atoms with van der Waals surface area (Å²) in [4.78, 5) is 11.9. The summed E-state index contributed by atoms with van der Waals surface area (Å²) in [5, 5.41) is 0. The number of nitrogen functional groups attached to an aromatic ring is 1. The van der Waals surface area contributed by atoms with Gasteiger partial charge in [-0.05, 0) is 19.1 Å². The number of anilines is 2. The number of aromatic nitrogens is 2. The van der Waals surface area contributed by atoms with Crippen molar-refractivity contribution in [3.63, 3.8) is 0 Å². The van der Waals surface area contributed by atoms with Gasteiger partial charge in [0, 0.05) is 24.6 Å². The molecule has 0 aliphatic heterocycles. The maximum absolute atomic E-state index is 5.95. The minimum absolute atomic E-state index is 0.359. The fraction of sp³-hybridized carbons (Fsp3) is 0.385. The number of rotatable bonds is 7. The standard InChI is InChI=1S/C13H18ClN5OS/c1-3-20-8-12-16-11(18-15)6-13(17-12)19(2)7-9-4-5-10(14)21-9/h4-6H,3,7-8,15H2,1-2H3,(H,16,17,18). The number of halogens is 1. The van der Waals surface area contributed by atoms with Crippen molar-refractivity contribution < 1.29 is 4.74 Å². The molecule has 3 N–H and O–H groups in total. The molecular weight excluding hydrogens is 310 g/mol. The highest BCUT2D eigenvalue weighted by Gasteiger charge is 2.10. The number of nitrogens with two attached hydrogens (primary N) is 1. The third-order valence-corrected chi connectivity index (χ3v) is 3.97. The molecule has 0 unspecified atom stereocenters. The second-order valence-corrected chi connectivity index (χ2v) is 6.17. The molecule has 0 bridgehead atoms. The number of hydrogen-bond donors (Lipinski definition) is 2. The van der Waals surface area contributed by atoms with Crippen LogP contribution >= 0.6 is 22.9 Å². The van der Waals surface area contributed by atoms with E-state index >= 15 is 0 Å². The van der Waals surface area contributed by atoms with E-state index < -0.39 is 0 Å².